The Kier molecular flexibility index (Phi) is 5.12. The Morgan fingerprint density at radius 1 is 1.35 bits per heavy atom. The summed E-state index contributed by atoms with van der Waals surface area (Å²) in [6.45, 7) is 7.12. The number of nitrogens with one attached hydrogen (secondary N) is 2. The van der Waals surface area contributed by atoms with E-state index in [0.29, 0.717) is 10.8 Å². The molecule has 0 aliphatic carbocycles. The average Bonchev–Trinajstić information content (AvgIpc) is 2.58. The van der Waals surface area contributed by atoms with Gasteiger partial charge in [0.2, 0.25) is 10.0 Å². The maximum absolute atomic E-state index is 12.0. The van der Waals surface area contributed by atoms with Crippen LogP contribution in [0.15, 0.2) is 10.3 Å². The molecule has 0 unspecified atom stereocenters. The molecule has 17 heavy (non-hydrogen) atoms. The fraction of sp³-hybridized carbons (Fsp3) is 0.636. The third kappa shape index (κ3) is 4.06. The maximum atomic E-state index is 12.0. The summed E-state index contributed by atoms with van der Waals surface area (Å²) in [5.74, 6) is 0.275. The Balaban J connectivity index is 2.69. The highest BCUT2D eigenvalue weighted by atomic mass is 32.2. The third-order valence-corrected chi connectivity index (χ3v) is 5.63. The summed E-state index contributed by atoms with van der Waals surface area (Å²) in [5, 5.41) is 3.02. The predicted octanol–water partition coefficient (Wildman–Crippen LogP) is 1.50. The molecule has 1 aromatic heterocycles. The van der Waals surface area contributed by atoms with E-state index in [0.717, 1.165) is 17.0 Å². The van der Waals surface area contributed by atoms with Gasteiger partial charge in [0.1, 0.15) is 4.21 Å². The van der Waals surface area contributed by atoms with E-state index < -0.39 is 10.0 Å². The second-order valence-corrected chi connectivity index (χ2v) is 7.57. The molecular weight excluding hydrogens is 256 g/mol. The summed E-state index contributed by atoms with van der Waals surface area (Å²) in [6.07, 6.45) is 0. The minimum Gasteiger partial charge on any atom is -0.319 e. The van der Waals surface area contributed by atoms with Gasteiger partial charge >= 0.3 is 0 Å². The second-order valence-electron chi connectivity index (χ2n) is 4.32. The van der Waals surface area contributed by atoms with Crippen molar-refractivity contribution in [2.24, 2.45) is 5.92 Å². The highest BCUT2D eigenvalue weighted by Gasteiger charge is 2.18. The van der Waals surface area contributed by atoms with Gasteiger partial charge in [-0.15, -0.1) is 11.3 Å². The normalized spacial score (nSPS) is 13.9. The number of hydrogen-bond donors (Lipinski definition) is 2. The quantitative estimate of drug-likeness (QED) is 0.828. The van der Waals surface area contributed by atoms with Crippen LogP contribution in [0.1, 0.15) is 17.4 Å². The van der Waals surface area contributed by atoms with Crippen LogP contribution in [0, 0.1) is 19.8 Å². The maximum Gasteiger partial charge on any atom is 0.250 e. The van der Waals surface area contributed by atoms with Crippen LogP contribution in [0.5, 0.6) is 0 Å². The van der Waals surface area contributed by atoms with Gasteiger partial charge in [-0.2, -0.15) is 0 Å². The predicted molar refractivity (Wildman–Crippen MR) is 72.1 cm³/mol. The zero-order valence-electron chi connectivity index (χ0n) is 10.7. The van der Waals surface area contributed by atoms with Gasteiger partial charge in [-0.25, -0.2) is 13.1 Å². The summed E-state index contributed by atoms with van der Waals surface area (Å²) < 4.78 is 27.0. The van der Waals surface area contributed by atoms with Crippen molar-refractivity contribution < 1.29 is 8.42 Å². The Labute approximate surface area is 107 Å². The Morgan fingerprint density at radius 3 is 2.47 bits per heavy atom. The summed E-state index contributed by atoms with van der Waals surface area (Å²) in [4.78, 5) is 1.05. The van der Waals surface area contributed by atoms with Gasteiger partial charge in [0.05, 0.1) is 0 Å². The van der Waals surface area contributed by atoms with Gasteiger partial charge in [-0.05, 0) is 45.0 Å². The lowest BCUT2D eigenvalue weighted by atomic mass is 10.2. The molecule has 98 valence electrons. The van der Waals surface area contributed by atoms with Crippen LogP contribution in [0.4, 0.5) is 0 Å². The van der Waals surface area contributed by atoms with Crippen molar-refractivity contribution in [1.29, 1.82) is 0 Å². The van der Waals surface area contributed by atoms with Crippen molar-refractivity contribution in [3.8, 4) is 0 Å². The third-order valence-electron chi connectivity index (χ3n) is 2.58. The van der Waals surface area contributed by atoms with E-state index in [9.17, 15) is 8.42 Å². The monoisotopic (exact) mass is 276 g/mol. The SMILES string of the molecule is CNC[C@H](C)CNS(=O)(=O)c1cc(C)c(C)s1. The first kappa shape index (κ1) is 14.6. The van der Waals surface area contributed by atoms with E-state index in [1.54, 1.807) is 6.07 Å². The smallest absolute Gasteiger partial charge is 0.250 e. The van der Waals surface area contributed by atoms with Crippen LogP contribution < -0.4 is 10.0 Å². The second kappa shape index (κ2) is 5.95. The summed E-state index contributed by atoms with van der Waals surface area (Å²) in [7, 11) is -1.48. The molecule has 4 nitrogen and oxygen atoms in total. The van der Waals surface area contributed by atoms with Crippen LogP contribution >= 0.6 is 11.3 Å². The zero-order valence-corrected chi connectivity index (χ0v) is 12.3. The van der Waals surface area contributed by atoms with E-state index in [2.05, 4.69) is 10.0 Å². The molecule has 1 heterocycles. The van der Waals surface area contributed by atoms with Crippen molar-refractivity contribution in [1.82, 2.24) is 10.0 Å². The minimum atomic E-state index is -3.33. The minimum absolute atomic E-state index is 0.275. The van der Waals surface area contributed by atoms with Crippen LogP contribution in [-0.2, 0) is 10.0 Å². The van der Waals surface area contributed by atoms with E-state index in [1.807, 2.05) is 27.8 Å². The lowest BCUT2D eigenvalue weighted by Crippen LogP contribution is -2.31. The Bertz CT molecular complexity index is 446. The van der Waals surface area contributed by atoms with Gasteiger partial charge in [-0.3, -0.25) is 0 Å². The highest BCUT2D eigenvalue weighted by molar-refractivity contribution is 7.91. The lowest BCUT2D eigenvalue weighted by Gasteiger charge is -2.11. The fourth-order valence-electron chi connectivity index (χ4n) is 1.42. The first-order valence-corrected chi connectivity index (χ1v) is 7.88. The topological polar surface area (TPSA) is 58.2 Å². The standard InChI is InChI=1S/C11H20N2O2S2/c1-8(6-12-4)7-13-17(14,15)11-5-9(2)10(3)16-11/h5,8,12-13H,6-7H2,1-4H3/t8-/m0/s1. The first-order chi connectivity index (χ1) is 7.86. The number of aryl methyl sites for hydroxylation is 2. The average molecular weight is 276 g/mol. The Hall–Kier alpha value is -0.430. The van der Waals surface area contributed by atoms with Crippen LogP contribution in [0.3, 0.4) is 0 Å². The van der Waals surface area contributed by atoms with Gasteiger partial charge in [-0.1, -0.05) is 6.92 Å². The molecule has 0 bridgehead atoms. The molecule has 0 fully saturated rings. The Morgan fingerprint density at radius 2 is 2.00 bits per heavy atom. The van der Waals surface area contributed by atoms with Crippen molar-refractivity contribution >= 4 is 21.4 Å². The molecule has 1 atom stereocenters. The molecule has 1 rings (SSSR count). The molecule has 0 aromatic carbocycles. The van der Waals surface area contributed by atoms with Crippen molar-refractivity contribution in [2.45, 2.75) is 25.0 Å². The molecule has 0 aliphatic rings. The number of thiophene rings is 1. The van der Waals surface area contributed by atoms with Crippen LogP contribution in [-0.4, -0.2) is 28.6 Å². The first-order valence-electron chi connectivity index (χ1n) is 5.58. The highest BCUT2D eigenvalue weighted by Crippen LogP contribution is 2.24. The molecule has 2 N–H and O–H groups in total. The number of sulfonamides is 1. The van der Waals surface area contributed by atoms with Gasteiger partial charge < -0.3 is 5.32 Å². The van der Waals surface area contributed by atoms with Gasteiger partial charge in [0, 0.05) is 11.4 Å². The van der Waals surface area contributed by atoms with Gasteiger partial charge in [0.25, 0.3) is 0 Å². The fourth-order valence-corrected chi connectivity index (χ4v) is 4.14. The van der Waals surface area contributed by atoms with Crippen LogP contribution in [0.2, 0.25) is 0 Å². The summed E-state index contributed by atoms with van der Waals surface area (Å²) in [5.41, 5.74) is 1.03. The number of rotatable bonds is 6. The molecular formula is C11H20N2O2S2. The molecule has 0 aliphatic heterocycles. The van der Waals surface area contributed by atoms with Crippen molar-refractivity contribution in [2.75, 3.05) is 20.1 Å². The van der Waals surface area contributed by atoms with Crippen LogP contribution in [0.25, 0.3) is 0 Å². The number of hydrogen-bond acceptors (Lipinski definition) is 4. The molecule has 1 aromatic rings. The molecule has 0 spiro atoms. The molecule has 6 heteroatoms. The zero-order chi connectivity index (χ0) is 13.1. The van der Waals surface area contributed by atoms with E-state index >= 15 is 0 Å². The summed E-state index contributed by atoms with van der Waals surface area (Å²) in [6, 6.07) is 1.73. The molecule has 0 saturated carbocycles. The van der Waals surface area contributed by atoms with E-state index in [4.69, 9.17) is 0 Å². The van der Waals surface area contributed by atoms with Crippen molar-refractivity contribution in [3.63, 3.8) is 0 Å². The van der Waals surface area contributed by atoms with Gasteiger partial charge in [0.15, 0.2) is 0 Å². The molecule has 0 amide bonds. The molecule has 0 saturated heterocycles. The largest absolute Gasteiger partial charge is 0.319 e. The van der Waals surface area contributed by atoms with E-state index in [1.165, 1.54) is 11.3 Å². The summed E-state index contributed by atoms with van der Waals surface area (Å²) >= 11 is 1.32. The molecule has 0 radical (unpaired) electrons. The van der Waals surface area contributed by atoms with E-state index in [-0.39, 0.29) is 5.92 Å². The lowest BCUT2D eigenvalue weighted by molar-refractivity contribution is 0.519. The van der Waals surface area contributed by atoms with Crippen molar-refractivity contribution in [3.05, 3.63) is 16.5 Å².